The molecule has 0 N–H and O–H groups in total. The highest BCUT2D eigenvalue weighted by molar-refractivity contribution is 5.82. The molecule has 1 unspecified atom stereocenters. The third-order valence-corrected chi connectivity index (χ3v) is 3.60. The smallest absolute Gasteiger partial charge is 0.133 e. The van der Waals surface area contributed by atoms with Crippen LogP contribution in [0.3, 0.4) is 0 Å². The van der Waals surface area contributed by atoms with E-state index in [0.29, 0.717) is 5.78 Å². The summed E-state index contributed by atoms with van der Waals surface area (Å²) in [6.07, 6.45) is 3.57. The second-order valence-corrected chi connectivity index (χ2v) is 4.83. The van der Waals surface area contributed by atoms with Gasteiger partial charge in [-0.2, -0.15) is 0 Å². The lowest BCUT2D eigenvalue weighted by Crippen LogP contribution is -2.17. The van der Waals surface area contributed by atoms with Gasteiger partial charge < -0.3 is 0 Å². The molecule has 0 heterocycles. The predicted molar refractivity (Wildman–Crippen MR) is 62.0 cm³/mol. The molecule has 1 aliphatic rings. The lowest BCUT2D eigenvalue weighted by molar-refractivity contribution is -0.117. The van der Waals surface area contributed by atoms with Crippen LogP contribution in [0, 0.1) is 0 Å². The first-order valence-corrected chi connectivity index (χ1v) is 5.75. The van der Waals surface area contributed by atoms with E-state index in [1.54, 1.807) is 0 Å². The van der Waals surface area contributed by atoms with Crippen molar-refractivity contribution in [3.63, 3.8) is 0 Å². The standard InChI is InChI=1S/C14H18O/c1-3-11-4-6-12(7-5-11)14(2)9-8-13(15)10-14/h4-7H,3,8-10H2,1-2H3. The molecule has 2 rings (SSSR count). The van der Waals surface area contributed by atoms with Crippen LogP contribution < -0.4 is 0 Å². The first-order valence-electron chi connectivity index (χ1n) is 5.75. The van der Waals surface area contributed by atoms with Crippen molar-refractivity contribution in [1.29, 1.82) is 0 Å². The normalized spacial score (nSPS) is 25.9. The number of hydrogen-bond donors (Lipinski definition) is 0. The first-order chi connectivity index (χ1) is 7.14. The van der Waals surface area contributed by atoms with Crippen molar-refractivity contribution in [2.45, 2.75) is 44.9 Å². The van der Waals surface area contributed by atoms with Gasteiger partial charge in [0.1, 0.15) is 5.78 Å². The number of carbonyl (C=O) groups excluding carboxylic acids is 1. The van der Waals surface area contributed by atoms with Crippen molar-refractivity contribution in [3.8, 4) is 0 Å². The Morgan fingerprint density at radius 3 is 2.40 bits per heavy atom. The SMILES string of the molecule is CCc1ccc(C2(C)CCC(=O)C2)cc1. The zero-order chi connectivity index (χ0) is 10.9. The first kappa shape index (κ1) is 10.4. The third-order valence-electron chi connectivity index (χ3n) is 3.60. The van der Waals surface area contributed by atoms with Crippen molar-refractivity contribution in [3.05, 3.63) is 35.4 Å². The zero-order valence-corrected chi connectivity index (χ0v) is 9.55. The molecular formula is C14H18O. The number of carbonyl (C=O) groups is 1. The summed E-state index contributed by atoms with van der Waals surface area (Å²) >= 11 is 0. The van der Waals surface area contributed by atoms with Crippen LogP contribution in [0.4, 0.5) is 0 Å². The van der Waals surface area contributed by atoms with Crippen molar-refractivity contribution in [2.75, 3.05) is 0 Å². The fourth-order valence-corrected chi connectivity index (χ4v) is 2.42. The molecule has 0 bridgehead atoms. The zero-order valence-electron chi connectivity index (χ0n) is 9.55. The Bertz CT molecular complexity index is 363. The van der Waals surface area contributed by atoms with Crippen LogP contribution in [-0.2, 0) is 16.6 Å². The van der Waals surface area contributed by atoms with E-state index in [1.165, 1.54) is 11.1 Å². The Balaban J connectivity index is 2.25. The number of aryl methyl sites for hydroxylation is 1. The molecule has 80 valence electrons. The minimum absolute atomic E-state index is 0.101. The van der Waals surface area contributed by atoms with E-state index < -0.39 is 0 Å². The number of Topliss-reactive ketones (excluding diaryl/α,β-unsaturated/α-hetero) is 1. The highest BCUT2D eigenvalue weighted by Gasteiger charge is 2.35. The van der Waals surface area contributed by atoms with Crippen LogP contribution in [0.1, 0.15) is 44.2 Å². The van der Waals surface area contributed by atoms with Crippen LogP contribution in [0.15, 0.2) is 24.3 Å². The second-order valence-electron chi connectivity index (χ2n) is 4.83. The van der Waals surface area contributed by atoms with Gasteiger partial charge in [0, 0.05) is 12.8 Å². The van der Waals surface area contributed by atoms with E-state index >= 15 is 0 Å². The quantitative estimate of drug-likeness (QED) is 0.719. The number of benzene rings is 1. The van der Waals surface area contributed by atoms with Crippen LogP contribution in [0.2, 0.25) is 0 Å². The number of rotatable bonds is 2. The number of hydrogen-bond acceptors (Lipinski definition) is 1. The fourth-order valence-electron chi connectivity index (χ4n) is 2.42. The lowest BCUT2D eigenvalue weighted by Gasteiger charge is -2.23. The molecule has 1 heteroatoms. The van der Waals surface area contributed by atoms with Gasteiger partial charge in [-0.15, -0.1) is 0 Å². The molecule has 1 nitrogen and oxygen atoms in total. The molecule has 1 aromatic rings. The van der Waals surface area contributed by atoms with Crippen LogP contribution in [0.5, 0.6) is 0 Å². The van der Waals surface area contributed by atoms with Gasteiger partial charge in [0.15, 0.2) is 0 Å². The molecule has 0 spiro atoms. The Labute approximate surface area is 91.5 Å². The summed E-state index contributed by atoms with van der Waals surface area (Å²) in [5.74, 6) is 0.414. The lowest BCUT2D eigenvalue weighted by atomic mass is 9.81. The molecule has 1 atom stereocenters. The van der Waals surface area contributed by atoms with Crippen LogP contribution in [0.25, 0.3) is 0 Å². The summed E-state index contributed by atoms with van der Waals surface area (Å²) in [6.45, 7) is 4.37. The highest BCUT2D eigenvalue weighted by atomic mass is 16.1. The van der Waals surface area contributed by atoms with Gasteiger partial charge in [0.2, 0.25) is 0 Å². The fraction of sp³-hybridized carbons (Fsp3) is 0.500. The van der Waals surface area contributed by atoms with E-state index in [2.05, 4.69) is 38.1 Å². The summed E-state index contributed by atoms with van der Waals surface area (Å²) < 4.78 is 0. The summed E-state index contributed by atoms with van der Waals surface area (Å²) in [7, 11) is 0. The van der Waals surface area contributed by atoms with E-state index in [1.807, 2.05) is 0 Å². The maximum absolute atomic E-state index is 11.4. The van der Waals surface area contributed by atoms with Crippen LogP contribution >= 0.6 is 0 Å². The van der Waals surface area contributed by atoms with Crippen LogP contribution in [-0.4, -0.2) is 5.78 Å². The Morgan fingerprint density at radius 1 is 1.27 bits per heavy atom. The van der Waals surface area contributed by atoms with Crippen molar-refractivity contribution < 1.29 is 4.79 Å². The topological polar surface area (TPSA) is 17.1 Å². The minimum Gasteiger partial charge on any atom is -0.300 e. The van der Waals surface area contributed by atoms with Gasteiger partial charge in [-0.25, -0.2) is 0 Å². The molecule has 0 aromatic heterocycles. The Hall–Kier alpha value is -1.11. The van der Waals surface area contributed by atoms with Gasteiger partial charge >= 0.3 is 0 Å². The summed E-state index contributed by atoms with van der Waals surface area (Å²) in [6, 6.07) is 8.75. The molecule has 15 heavy (non-hydrogen) atoms. The van der Waals surface area contributed by atoms with Gasteiger partial charge in [0.25, 0.3) is 0 Å². The molecule has 1 aromatic carbocycles. The van der Waals surface area contributed by atoms with E-state index in [0.717, 1.165) is 25.7 Å². The van der Waals surface area contributed by atoms with E-state index in [9.17, 15) is 4.79 Å². The molecule has 1 saturated carbocycles. The molecule has 0 radical (unpaired) electrons. The Kier molecular flexibility index (Phi) is 2.64. The van der Waals surface area contributed by atoms with Crippen molar-refractivity contribution in [2.24, 2.45) is 0 Å². The summed E-state index contributed by atoms with van der Waals surface area (Å²) in [4.78, 5) is 11.4. The van der Waals surface area contributed by atoms with E-state index in [4.69, 9.17) is 0 Å². The molecule has 0 amide bonds. The van der Waals surface area contributed by atoms with Gasteiger partial charge in [-0.05, 0) is 29.4 Å². The maximum Gasteiger partial charge on any atom is 0.133 e. The molecule has 0 aliphatic heterocycles. The molecule has 0 saturated heterocycles. The highest BCUT2D eigenvalue weighted by Crippen LogP contribution is 2.38. The Morgan fingerprint density at radius 2 is 1.93 bits per heavy atom. The van der Waals surface area contributed by atoms with Gasteiger partial charge in [-0.3, -0.25) is 4.79 Å². The maximum atomic E-state index is 11.4. The largest absolute Gasteiger partial charge is 0.300 e. The summed E-state index contributed by atoms with van der Waals surface area (Å²) in [5, 5.41) is 0. The van der Waals surface area contributed by atoms with E-state index in [-0.39, 0.29) is 5.41 Å². The second kappa shape index (κ2) is 3.80. The average molecular weight is 202 g/mol. The monoisotopic (exact) mass is 202 g/mol. The van der Waals surface area contributed by atoms with Crippen molar-refractivity contribution >= 4 is 5.78 Å². The number of ketones is 1. The molecular weight excluding hydrogens is 184 g/mol. The average Bonchev–Trinajstić information content (AvgIpc) is 2.60. The molecule has 1 aliphatic carbocycles. The summed E-state index contributed by atoms with van der Waals surface area (Å²) in [5.41, 5.74) is 2.79. The minimum atomic E-state index is 0.101. The molecule has 1 fully saturated rings. The van der Waals surface area contributed by atoms with Crippen molar-refractivity contribution in [1.82, 2.24) is 0 Å². The van der Waals surface area contributed by atoms with Gasteiger partial charge in [0.05, 0.1) is 0 Å². The third kappa shape index (κ3) is 1.97. The van der Waals surface area contributed by atoms with Gasteiger partial charge in [-0.1, -0.05) is 38.1 Å². The predicted octanol–water partition coefficient (Wildman–Crippen LogP) is 3.26.